The van der Waals surface area contributed by atoms with E-state index in [1.54, 1.807) is 12.4 Å². The number of aromatic nitrogens is 3. The van der Waals surface area contributed by atoms with E-state index in [9.17, 15) is 4.79 Å². The predicted molar refractivity (Wildman–Crippen MR) is 81.6 cm³/mol. The van der Waals surface area contributed by atoms with Gasteiger partial charge in [0.05, 0.1) is 17.3 Å². The minimum Gasteiger partial charge on any atom is -0.330 e. The molecule has 2 aromatic heterocycles. The first-order valence-electron chi connectivity index (χ1n) is 7.48. The second-order valence-corrected chi connectivity index (χ2v) is 5.98. The van der Waals surface area contributed by atoms with Crippen LogP contribution in [0.2, 0.25) is 0 Å². The average molecular weight is 287 g/mol. The van der Waals surface area contributed by atoms with Gasteiger partial charge in [0.1, 0.15) is 0 Å². The van der Waals surface area contributed by atoms with Crippen molar-refractivity contribution in [2.45, 2.75) is 26.2 Å². The van der Waals surface area contributed by atoms with Crippen molar-refractivity contribution in [3.8, 4) is 0 Å². The molecule has 1 aliphatic rings. The molecule has 4 N–H and O–H groups in total. The Kier molecular flexibility index (Phi) is 3.88. The lowest BCUT2D eigenvalue weighted by Gasteiger charge is -2.32. The molecule has 0 bridgehead atoms. The molecular formula is C15H21N5O. The lowest BCUT2D eigenvalue weighted by Crippen LogP contribution is -2.35. The van der Waals surface area contributed by atoms with Crippen molar-refractivity contribution in [2.24, 2.45) is 23.5 Å². The molecule has 1 fully saturated rings. The zero-order chi connectivity index (χ0) is 14.8. The lowest BCUT2D eigenvalue weighted by atomic mass is 9.74. The van der Waals surface area contributed by atoms with Crippen LogP contribution in [-0.2, 0) is 4.79 Å². The van der Waals surface area contributed by atoms with Gasteiger partial charge in [0.25, 0.3) is 0 Å². The minimum absolute atomic E-state index is 0.0583. The number of hydrogen-bond donors (Lipinski definition) is 3. The summed E-state index contributed by atoms with van der Waals surface area (Å²) in [7, 11) is 0. The number of nitrogens with two attached hydrogens (primary N) is 1. The Bertz CT molecular complexity index is 638. The molecule has 1 aliphatic carbocycles. The molecule has 0 aliphatic heterocycles. The SMILES string of the molecule is C[C@@H]1C[C@@H](CN)CC[C@H]1C(=O)Nc1ccnc2[nH]ncc12. The van der Waals surface area contributed by atoms with E-state index in [0.29, 0.717) is 17.5 Å². The number of pyridine rings is 1. The first-order chi connectivity index (χ1) is 10.2. The molecule has 3 rings (SSSR count). The van der Waals surface area contributed by atoms with E-state index in [4.69, 9.17) is 5.73 Å². The summed E-state index contributed by atoms with van der Waals surface area (Å²) in [5.74, 6) is 1.08. The number of anilines is 1. The smallest absolute Gasteiger partial charge is 0.227 e. The van der Waals surface area contributed by atoms with Crippen LogP contribution in [0.25, 0.3) is 11.0 Å². The maximum Gasteiger partial charge on any atom is 0.227 e. The highest BCUT2D eigenvalue weighted by Crippen LogP contribution is 2.34. The van der Waals surface area contributed by atoms with E-state index < -0.39 is 0 Å². The number of rotatable bonds is 3. The zero-order valence-electron chi connectivity index (χ0n) is 12.2. The van der Waals surface area contributed by atoms with Crippen LogP contribution < -0.4 is 11.1 Å². The van der Waals surface area contributed by atoms with Crippen LogP contribution in [0.15, 0.2) is 18.5 Å². The maximum atomic E-state index is 12.5. The van der Waals surface area contributed by atoms with Gasteiger partial charge in [-0.2, -0.15) is 5.10 Å². The quantitative estimate of drug-likeness (QED) is 0.803. The predicted octanol–water partition coefficient (Wildman–Crippen LogP) is 1.91. The molecule has 21 heavy (non-hydrogen) atoms. The van der Waals surface area contributed by atoms with Crippen molar-refractivity contribution in [2.75, 3.05) is 11.9 Å². The summed E-state index contributed by atoms with van der Waals surface area (Å²) in [4.78, 5) is 16.7. The summed E-state index contributed by atoms with van der Waals surface area (Å²) in [5, 5.41) is 10.6. The molecular weight excluding hydrogens is 266 g/mol. The molecule has 1 saturated carbocycles. The highest BCUT2D eigenvalue weighted by Gasteiger charge is 2.31. The summed E-state index contributed by atoms with van der Waals surface area (Å²) in [5.41, 5.74) is 7.20. The fraction of sp³-hybridized carbons (Fsp3) is 0.533. The molecule has 0 unspecified atom stereocenters. The topological polar surface area (TPSA) is 96.7 Å². The number of hydrogen-bond acceptors (Lipinski definition) is 4. The van der Waals surface area contributed by atoms with E-state index >= 15 is 0 Å². The molecule has 6 nitrogen and oxygen atoms in total. The standard InChI is InChI=1S/C15H21N5O/c1-9-6-10(7-16)2-3-11(9)15(21)19-13-4-5-17-14-12(13)8-18-20-14/h4-5,8-11H,2-3,6-7,16H2,1H3,(H2,17,18,19,20,21)/t9-,10+,11-/m1/s1. The Labute approximate surface area is 123 Å². The molecule has 6 heteroatoms. The number of aromatic amines is 1. The normalized spacial score (nSPS) is 25.9. The Hall–Kier alpha value is -1.95. The van der Waals surface area contributed by atoms with Gasteiger partial charge in [-0.05, 0) is 43.7 Å². The molecule has 3 atom stereocenters. The van der Waals surface area contributed by atoms with Crippen molar-refractivity contribution in [3.05, 3.63) is 18.5 Å². The summed E-state index contributed by atoms with van der Waals surface area (Å²) in [6.45, 7) is 2.87. The third-order valence-electron chi connectivity index (χ3n) is 4.56. The van der Waals surface area contributed by atoms with Gasteiger partial charge >= 0.3 is 0 Å². The Morgan fingerprint density at radius 2 is 2.38 bits per heavy atom. The van der Waals surface area contributed by atoms with Crippen LogP contribution in [0, 0.1) is 17.8 Å². The molecule has 0 aromatic carbocycles. The number of H-pyrrole nitrogens is 1. The summed E-state index contributed by atoms with van der Waals surface area (Å²) in [6.07, 6.45) is 6.34. The third kappa shape index (κ3) is 2.76. The van der Waals surface area contributed by atoms with Gasteiger partial charge in [0.2, 0.25) is 5.91 Å². The monoisotopic (exact) mass is 287 g/mol. The molecule has 1 amide bonds. The van der Waals surface area contributed by atoms with Crippen molar-refractivity contribution in [1.29, 1.82) is 0 Å². The van der Waals surface area contributed by atoms with Crippen molar-refractivity contribution in [3.63, 3.8) is 0 Å². The van der Waals surface area contributed by atoms with Gasteiger partial charge in [-0.1, -0.05) is 6.92 Å². The van der Waals surface area contributed by atoms with Crippen LogP contribution in [0.3, 0.4) is 0 Å². The average Bonchev–Trinajstić information content (AvgIpc) is 2.96. The second kappa shape index (κ2) is 5.81. The van der Waals surface area contributed by atoms with Gasteiger partial charge in [0, 0.05) is 12.1 Å². The summed E-state index contributed by atoms with van der Waals surface area (Å²) in [6, 6.07) is 1.81. The maximum absolute atomic E-state index is 12.5. The number of fused-ring (bicyclic) bond motifs is 1. The van der Waals surface area contributed by atoms with Gasteiger partial charge in [-0.25, -0.2) is 4.98 Å². The first-order valence-corrected chi connectivity index (χ1v) is 7.48. The van der Waals surface area contributed by atoms with Crippen LogP contribution in [0.1, 0.15) is 26.2 Å². The Morgan fingerprint density at radius 3 is 3.14 bits per heavy atom. The summed E-state index contributed by atoms with van der Waals surface area (Å²) < 4.78 is 0. The van der Waals surface area contributed by atoms with Crippen LogP contribution in [0.5, 0.6) is 0 Å². The van der Waals surface area contributed by atoms with Crippen molar-refractivity contribution < 1.29 is 4.79 Å². The Morgan fingerprint density at radius 1 is 1.52 bits per heavy atom. The van der Waals surface area contributed by atoms with E-state index in [-0.39, 0.29) is 11.8 Å². The molecule has 0 spiro atoms. The first kappa shape index (κ1) is 14.0. The minimum atomic E-state index is 0.0583. The number of carbonyl (C=O) groups excluding carboxylic acids is 1. The van der Waals surface area contributed by atoms with Crippen molar-refractivity contribution in [1.82, 2.24) is 15.2 Å². The third-order valence-corrected chi connectivity index (χ3v) is 4.56. The zero-order valence-corrected chi connectivity index (χ0v) is 12.2. The molecule has 0 saturated heterocycles. The fourth-order valence-electron chi connectivity index (χ4n) is 3.30. The Balaban J connectivity index is 1.73. The molecule has 112 valence electrons. The highest BCUT2D eigenvalue weighted by atomic mass is 16.1. The van der Waals surface area contributed by atoms with Gasteiger partial charge in [-0.15, -0.1) is 0 Å². The number of nitrogens with one attached hydrogen (secondary N) is 2. The van der Waals surface area contributed by atoms with Gasteiger partial charge in [0.15, 0.2) is 5.65 Å². The van der Waals surface area contributed by atoms with Crippen molar-refractivity contribution >= 4 is 22.6 Å². The molecule has 2 aromatic rings. The second-order valence-electron chi connectivity index (χ2n) is 5.98. The van der Waals surface area contributed by atoms with E-state index in [0.717, 1.165) is 36.9 Å². The van der Waals surface area contributed by atoms with Crippen LogP contribution in [0.4, 0.5) is 5.69 Å². The number of nitrogens with zero attached hydrogens (tertiary/aromatic N) is 2. The molecule has 0 radical (unpaired) electrons. The van der Waals surface area contributed by atoms with E-state index in [1.807, 2.05) is 6.07 Å². The van der Waals surface area contributed by atoms with E-state index in [1.165, 1.54) is 0 Å². The van der Waals surface area contributed by atoms with Gasteiger partial charge in [-0.3, -0.25) is 9.89 Å². The largest absolute Gasteiger partial charge is 0.330 e. The van der Waals surface area contributed by atoms with Gasteiger partial charge < -0.3 is 11.1 Å². The highest BCUT2D eigenvalue weighted by molar-refractivity contribution is 6.00. The van der Waals surface area contributed by atoms with Crippen LogP contribution in [-0.4, -0.2) is 27.6 Å². The fourth-order valence-corrected chi connectivity index (χ4v) is 3.30. The molecule has 2 heterocycles. The number of carbonyl (C=O) groups is 1. The summed E-state index contributed by atoms with van der Waals surface area (Å²) >= 11 is 0. The van der Waals surface area contributed by atoms with E-state index in [2.05, 4.69) is 27.4 Å². The number of amides is 1. The van der Waals surface area contributed by atoms with Crippen LogP contribution >= 0.6 is 0 Å². The lowest BCUT2D eigenvalue weighted by molar-refractivity contribution is -0.122.